The maximum Gasteiger partial charge on any atom is 0.168 e. The first kappa shape index (κ1) is 17.9. The van der Waals surface area contributed by atoms with Gasteiger partial charge in [0.1, 0.15) is 0 Å². The molecular formula is C19H31NO. The zero-order valence-corrected chi connectivity index (χ0v) is 15.2. The van der Waals surface area contributed by atoms with Gasteiger partial charge in [0.05, 0.1) is 0 Å². The molecule has 0 amide bonds. The lowest BCUT2D eigenvalue weighted by molar-refractivity contribution is 0.0787. The van der Waals surface area contributed by atoms with Gasteiger partial charge in [-0.3, -0.25) is 9.78 Å². The molecule has 0 aliphatic carbocycles. The van der Waals surface area contributed by atoms with Crippen LogP contribution in [0, 0.1) is 44.9 Å². The summed E-state index contributed by atoms with van der Waals surface area (Å²) in [6.07, 6.45) is 1.05. The fourth-order valence-electron chi connectivity index (χ4n) is 3.28. The van der Waals surface area contributed by atoms with Crippen LogP contribution in [0.3, 0.4) is 0 Å². The van der Waals surface area contributed by atoms with Crippen LogP contribution in [0.25, 0.3) is 0 Å². The van der Waals surface area contributed by atoms with Crippen LogP contribution in [0.1, 0.15) is 73.9 Å². The van der Waals surface area contributed by atoms with Crippen molar-refractivity contribution in [3.8, 4) is 0 Å². The Morgan fingerprint density at radius 3 is 2.00 bits per heavy atom. The van der Waals surface area contributed by atoms with E-state index in [0.29, 0.717) is 5.92 Å². The van der Waals surface area contributed by atoms with Crippen molar-refractivity contribution >= 4 is 5.78 Å². The lowest BCUT2D eigenvalue weighted by Gasteiger charge is -2.33. The Labute approximate surface area is 130 Å². The highest BCUT2D eigenvalue weighted by Crippen LogP contribution is 2.36. The van der Waals surface area contributed by atoms with Crippen molar-refractivity contribution in [1.29, 1.82) is 0 Å². The molecule has 2 heteroatoms. The van der Waals surface area contributed by atoms with Crippen LogP contribution < -0.4 is 0 Å². The molecule has 0 fully saturated rings. The summed E-state index contributed by atoms with van der Waals surface area (Å²) in [5.41, 5.74) is 4.96. The van der Waals surface area contributed by atoms with Gasteiger partial charge in [-0.15, -0.1) is 0 Å². The quantitative estimate of drug-likeness (QED) is 0.697. The van der Waals surface area contributed by atoms with Gasteiger partial charge in [-0.2, -0.15) is 0 Å². The third-order valence-corrected chi connectivity index (χ3v) is 4.92. The van der Waals surface area contributed by atoms with Crippen molar-refractivity contribution in [1.82, 2.24) is 4.98 Å². The lowest BCUT2D eigenvalue weighted by Crippen LogP contribution is -2.31. The van der Waals surface area contributed by atoms with Crippen LogP contribution in [0.15, 0.2) is 0 Å². The fourth-order valence-corrected chi connectivity index (χ4v) is 3.28. The zero-order chi connectivity index (χ0) is 16.5. The Kier molecular flexibility index (Phi) is 5.35. The van der Waals surface area contributed by atoms with E-state index in [9.17, 15) is 4.79 Å². The molecule has 1 unspecified atom stereocenters. The summed E-state index contributed by atoms with van der Waals surface area (Å²) in [4.78, 5) is 17.6. The second-order valence-corrected chi connectivity index (χ2v) is 7.58. The number of ketones is 1. The SMILES string of the molecule is Cc1nc(C)c(C(=O)C(C)C(C)(C)CC(C)C)c(C)c1C. The first-order valence-corrected chi connectivity index (χ1v) is 7.97. The van der Waals surface area contributed by atoms with E-state index in [1.54, 1.807) is 0 Å². The number of Topliss-reactive ketones (excluding diaryl/α,β-unsaturated/α-hetero) is 1. The van der Waals surface area contributed by atoms with Gasteiger partial charge in [0.2, 0.25) is 0 Å². The molecule has 0 saturated carbocycles. The average Bonchev–Trinajstić information content (AvgIpc) is 2.33. The van der Waals surface area contributed by atoms with Crippen LogP contribution in [-0.4, -0.2) is 10.8 Å². The monoisotopic (exact) mass is 289 g/mol. The summed E-state index contributed by atoms with van der Waals surface area (Å²) in [5.74, 6) is 0.836. The van der Waals surface area contributed by atoms with Gasteiger partial charge in [0.15, 0.2) is 5.78 Å². The number of hydrogen-bond acceptors (Lipinski definition) is 2. The Morgan fingerprint density at radius 2 is 1.52 bits per heavy atom. The number of rotatable bonds is 5. The van der Waals surface area contributed by atoms with Crippen molar-refractivity contribution in [3.05, 3.63) is 28.1 Å². The van der Waals surface area contributed by atoms with Crippen LogP contribution in [-0.2, 0) is 0 Å². The van der Waals surface area contributed by atoms with Crippen LogP contribution in [0.5, 0.6) is 0 Å². The molecule has 1 atom stereocenters. The van der Waals surface area contributed by atoms with Gasteiger partial charge in [-0.1, -0.05) is 34.6 Å². The van der Waals surface area contributed by atoms with Crippen molar-refractivity contribution in [2.24, 2.45) is 17.3 Å². The third-order valence-electron chi connectivity index (χ3n) is 4.92. The smallest absolute Gasteiger partial charge is 0.168 e. The molecule has 0 aliphatic heterocycles. The van der Waals surface area contributed by atoms with E-state index < -0.39 is 0 Å². The summed E-state index contributed by atoms with van der Waals surface area (Å²) in [6, 6.07) is 0. The van der Waals surface area contributed by atoms with Crippen molar-refractivity contribution in [2.45, 2.75) is 68.7 Å². The fraction of sp³-hybridized carbons (Fsp3) is 0.684. The third kappa shape index (κ3) is 3.72. The standard InChI is InChI=1S/C19H31NO/c1-11(2)10-19(8,9)14(5)18(21)17-13(4)12(3)15(6)20-16(17)7/h11,14H,10H2,1-9H3. The Bertz CT molecular complexity index is 541. The minimum absolute atomic E-state index is 0.00112. The van der Waals surface area contributed by atoms with E-state index >= 15 is 0 Å². The summed E-state index contributed by atoms with van der Waals surface area (Å²) < 4.78 is 0. The molecule has 21 heavy (non-hydrogen) atoms. The predicted octanol–water partition coefficient (Wildman–Crippen LogP) is 5.21. The summed E-state index contributed by atoms with van der Waals surface area (Å²) in [5, 5.41) is 0. The normalized spacial score (nSPS) is 13.6. The second-order valence-electron chi connectivity index (χ2n) is 7.58. The van der Waals surface area contributed by atoms with Gasteiger partial charge in [0.25, 0.3) is 0 Å². The van der Waals surface area contributed by atoms with Gasteiger partial charge < -0.3 is 0 Å². The van der Waals surface area contributed by atoms with E-state index in [4.69, 9.17) is 0 Å². The highest BCUT2D eigenvalue weighted by atomic mass is 16.1. The van der Waals surface area contributed by atoms with Crippen molar-refractivity contribution in [3.63, 3.8) is 0 Å². The van der Waals surface area contributed by atoms with Crippen LogP contribution in [0.4, 0.5) is 0 Å². The molecular weight excluding hydrogens is 258 g/mol. The van der Waals surface area contributed by atoms with Crippen LogP contribution >= 0.6 is 0 Å². The summed E-state index contributed by atoms with van der Waals surface area (Å²) in [6.45, 7) is 19.0. The number of aryl methyl sites for hydroxylation is 2. The molecule has 0 aromatic carbocycles. The molecule has 2 nitrogen and oxygen atoms in total. The molecule has 0 spiro atoms. The number of carbonyl (C=O) groups excluding carboxylic acids is 1. The summed E-state index contributed by atoms with van der Waals surface area (Å²) >= 11 is 0. The molecule has 0 bridgehead atoms. The molecule has 1 heterocycles. The van der Waals surface area contributed by atoms with Gasteiger partial charge in [0, 0.05) is 22.9 Å². The van der Waals surface area contributed by atoms with Gasteiger partial charge >= 0.3 is 0 Å². The Hall–Kier alpha value is -1.18. The number of aromatic nitrogens is 1. The highest BCUT2D eigenvalue weighted by Gasteiger charge is 2.34. The van der Waals surface area contributed by atoms with E-state index in [0.717, 1.165) is 34.5 Å². The Morgan fingerprint density at radius 1 is 1.00 bits per heavy atom. The first-order chi connectivity index (χ1) is 9.49. The van der Waals surface area contributed by atoms with Crippen molar-refractivity contribution < 1.29 is 4.79 Å². The number of nitrogens with zero attached hydrogens (tertiary/aromatic N) is 1. The molecule has 1 aromatic heterocycles. The molecule has 0 saturated heterocycles. The zero-order valence-electron chi connectivity index (χ0n) is 15.2. The molecule has 118 valence electrons. The molecule has 0 radical (unpaired) electrons. The van der Waals surface area contributed by atoms with Gasteiger partial charge in [-0.05, 0) is 56.6 Å². The minimum atomic E-state index is 0.00112. The topological polar surface area (TPSA) is 30.0 Å². The number of carbonyl (C=O) groups is 1. The highest BCUT2D eigenvalue weighted by molar-refractivity contribution is 6.00. The minimum Gasteiger partial charge on any atom is -0.294 e. The predicted molar refractivity (Wildman–Crippen MR) is 89.9 cm³/mol. The summed E-state index contributed by atoms with van der Waals surface area (Å²) in [7, 11) is 0. The maximum atomic E-state index is 13.0. The second kappa shape index (κ2) is 6.29. The van der Waals surface area contributed by atoms with Gasteiger partial charge in [-0.25, -0.2) is 0 Å². The van der Waals surface area contributed by atoms with E-state index in [2.05, 4.69) is 46.5 Å². The molecule has 0 aliphatic rings. The van der Waals surface area contributed by atoms with E-state index in [-0.39, 0.29) is 17.1 Å². The Balaban J connectivity index is 3.24. The van der Waals surface area contributed by atoms with Crippen molar-refractivity contribution in [2.75, 3.05) is 0 Å². The van der Waals surface area contributed by atoms with Crippen LogP contribution in [0.2, 0.25) is 0 Å². The molecule has 1 aromatic rings. The first-order valence-electron chi connectivity index (χ1n) is 7.97. The number of pyridine rings is 1. The maximum absolute atomic E-state index is 13.0. The molecule has 1 rings (SSSR count). The largest absolute Gasteiger partial charge is 0.294 e. The average molecular weight is 289 g/mol. The number of hydrogen-bond donors (Lipinski definition) is 0. The lowest BCUT2D eigenvalue weighted by atomic mass is 9.71. The van der Waals surface area contributed by atoms with E-state index in [1.807, 2.05) is 20.8 Å². The van der Waals surface area contributed by atoms with E-state index in [1.165, 1.54) is 0 Å². The molecule has 0 N–H and O–H groups in total.